The molecule has 0 aliphatic carbocycles. The molecule has 1 aromatic carbocycles. The Morgan fingerprint density at radius 3 is 2.69 bits per heavy atom. The van der Waals surface area contributed by atoms with Crippen molar-refractivity contribution in [1.82, 2.24) is 19.9 Å². The Morgan fingerprint density at radius 2 is 1.92 bits per heavy atom. The number of pyridine rings is 1. The minimum absolute atomic E-state index is 0.0207. The molecule has 4 rings (SSSR count). The number of aromatic nitrogens is 3. The van der Waals surface area contributed by atoms with Crippen molar-refractivity contribution in [2.24, 2.45) is 0 Å². The average Bonchev–Trinajstić information content (AvgIpc) is 2.65. The lowest BCUT2D eigenvalue weighted by Crippen LogP contribution is -2.35. The maximum Gasteiger partial charge on any atom is 0.254 e. The summed E-state index contributed by atoms with van der Waals surface area (Å²) in [5.74, 6) is 0.615. The van der Waals surface area contributed by atoms with E-state index in [0.717, 1.165) is 36.3 Å². The van der Waals surface area contributed by atoms with Gasteiger partial charge in [-0.25, -0.2) is 4.98 Å². The Balaban J connectivity index is 1.60. The third-order valence-corrected chi connectivity index (χ3v) is 5.08. The molecule has 5 nitrogen and oxygen atoms in total. The number of benzene rings is 1. The Bertz CT molecular complexity index is 995. The molecule has 1 aliphatic rings. The number of nitrogens with zero attached hydrogens (tertiary/aromatic N) is 3. The molecule has 0 unspecified atom stereocenters. The minimum atomic E-state index is -0.0207. The number of aryl methyl sites for hydroxylation is 2. The smallest absolute Gasteiger partial charge is 0.254 e. The van der Waals surface area contributed by atoms with Crippen LogP contribution in [0, 0.1) is 13.8 Å². The first-order valence-electron chi connectivity index (χ1n) is 8.91. The van der Waals surface area contributed by atoms with Crippen molar-refractivity contribution >= 4 is 0 Å². The fraction of sp³-hybridized carbons (Fsp3) is 0.286. The number of nitrogens with one attached hydrogen (secondary N) is 1. The first kappa shape index (κ1) is 16.7. The second-order valence-electron chi connectivity index (χ2n) is 6.95. The summed E-state index contributed by atoms with van der Waals surface area (Å²) >= 11 is 0. The van der Waals surface area contributed by atoms with E-state index < -0.39 is 0 Å². The lowest BCUT2D eigenvalue weighted by atomic mass is 10.0. The summed E-state index contributed by atoms with van der Waals surface area (Å²) in [6, 6.07) is 10.3. The van der Waals surface area contributed by atoms with Crippen LogP contribution in [0.2, 0.25) is 0 Å². The van der Waals surface area contributed by atoms with E-state index in [9.17, 15) is 4.79 Å². The maximum atomic E-state index is 12.5. The predicted molar refractivity (Wildman–Crippen MR) is 102 cm³/mol. The van der Waals surface area contributed by atoms with Crippen LogP contribution in [0.15, 0.2) is 47.5 Å². The molecule has 5 heteroatoms. The van der Waals surface area contributed by atoms with Gasteiger partial charge in [-0.1, -0.05) is 18.2 Å². The predicted octanol–water partition coefficient (Wildman–Crippen LogP) is 3.01. The van der Waals surface area contributed by atoms with Gasteiger partial charge in [0.05, 0.1) is 5.69 Å². The molecule has 0 radical (unpaired) electrons. The topological polar surface area (TPSA) is 61.9 Å². The molecule has 3 heterocycles. The lowest BCUT2D eigenvalue weighted by Gasteiger charge is -2.28. The van der Waals surface area contributed by atoms with Crippen molar-refractivity contribution in [2.45, 2.75) is 33.4 Å². The Labute approximate surface area is 152 Å². The van der Waals surface area contributed by atoms with E-state index in [1.165, 1.54) is 16.7 Å². The van der Waals surface area contributed by atoms with Crippen LogP contribution in [0.1, 0.15) is 27.9 Å². The van der Waals surface area contributed by atoms with Crippen molar-refractivity contribution in [2.75, 3.05) is 6.54 Å². The van der Waals surface area contributed by atoms with Crippen LogP contribution in [0.3, 0.4) is 0 Å². The van der Waals surface area contributed by atoms with Gasteiger partial charge in [-0.05, 0) is 49.1 Å². The normalized spacial score (nSPS) is 14.2. The van der Waals surface area contributed by atoms with Crippen LogP contribution >= 0.6 is 0 Å². The Hall–Kier alpha value is -2.79. The number of hydrogen-bond acceptors (Lipinski definition) is 4. The van der Waals surface area contributed by atoms with E-state index in [1.54, 1.807) is 12.4 Å². The van der Waals surface area contributed by atoms with Crippen LogP contribution in [-0.2, 0) is 19.5 Å². The molecule has 0 atom stereocenters. The van der Waals surface area contributed by atoms with E-state index in [0.29, 0.717) is 12.4 Å². The van der Waals surface area contributed by atoms with Crippen molar-refractivity contribution in [3.8, 4) is 11.4 Å². The van der Waals surface area contributed by atoms with E-state index in [4.69, 9.17) is 4.98 Å². The third-order valence-electron chi connectivity index (χ3n) is 5.08. The van der Waals surface area contributed by atoms with E-state index in [-0.39, 0.29) is 5.56 Å². The highest BCUT2D eigenvalue weighted by Gasteiger charge is 2.21. The van der Waals surface area contributed by atoms with Gasteiger partial charge < -0.3 is 4.98 Å². The largest absolute Gasteiger partial charge is 0.306 e. The lowest BCUT2D eigenvalue weighted by molar-refractivity contribution is 0.240. The molecule has 132 valence electrons. The molecular formula is C21H22N4O. The molecule has 2 aromatic heterocycles. The van der Waals surface area contributed by atoms with Gasteiger partial charge in [0.15, 0.2) is 0 Å². The number of H-pyrrole nitrogens is 1. The highest BCUT2D eigenvalue weighted by Crippen LogP contribution is 2.20. The van der Waals surface area contributed by atoms with Crippen LogP contribution in [0.4, 0.5) is 0 Å². The summed E-state index contributed by atoms with van der Waals surface area (Å²) in [5.41, 5.74) is 6.49. The van der Waals surface area contributed by atoms with E-state index >= 15 is 0 Å². The van der Waals surface area contributed by atoms with Crippen molar-refractivity contribution in [3.05, 3.63) is 81.0 Å². The SMILES string of the molecule is Cc1ccc(CN2CCc3c(nc(-c4ccncc4)[nH]c3=O)C2)cc1C. The summed E-state index contributed by atoms with van der Waals surface area (Å²) in [6.45, 7) is 6.72. The third kappa shape index (κ3) is 3.30. The minimum Gasteiger partial charge on any atom is -0.306 e. The fourth-order valence-corrected chi connectivity index (χ4v) is 3.44. The van der Waals surface area contributed by atoms with Crippen LogP contribution in [-0.4, -0.2) is 26.4 Å². The molecule has 3 aromatic rings. The van der Waals surface area contributed by atoms with E-state index in [1.807, 2.05) is 12.1 Å². The van der Waals surface area contributed by atoms with Crippen molar-refractivity contribution in [3.63, 3.8) is 0 Å². The van der Waals surface area contributed by atoms with Gasteiger partial charge in [-0.2, -0.15) is 0 Å². The number of rotatable bonds is 3. The van der Waals surface area contributed by atoms with E-state index in [2.05, 4.69) is 46.9 Å². The number of fused-ring (bicyclic) bond motifs is 1. The zero-order chi connectivity index (χ0) is 18.1. The zero-order valence-electron chi connectivity index (χ0n) is 15.1. The van der Waals surface area contributed by atoms with Gasteiger partial charge in [0.25, 0.3) is 5.56 Å². The second-order valence-corrected chi connectivity index (χ2v) is 6.95. The molecule has 0 fully saturated rings. The van der Waals surface area contributed by atoms with Gasteiger partial charge in [0, 0.05) is 43.2 Å². The first-order valence-corrected chi connectivity index (χ1v) is 8.91. The summed E-state index contributed by atoms with van der Waals surface area (Å²) in [7, 11) is 0. The van der Waals surface area contributed by atoms with Crippen molar-refractivity contribution in [1.29, 1.82) is 0 Å². The molecule has 0 bridgehead atoms. The highest BCUT2D eigenvalue weighted by atomic mass is 16.1. The van der Waals surface area contributed by atoms with Gasteiger partial charge in [0.2, 0.25) is 0 Å². The monoisotopic (exact) mass is 346 g/mol. The molecule has 0 amide bonds. The summed E-state index contributed by atoms with van der Waals surface area (Å²) in [6.07, 6.45) is 4.15. The van der Waals surface area contributed by atoms with Gasteiger partial charge in [-0.3, -0.25) is 14.7 Å². The van der Waals surface area contributed by atoms with Gasteiger partial charge >= 0.3 is 0 Å². The highest BCUT2D eigenvalue weighted by molar-refractivity contribution is 5.54. The Morgan fingerprint density at radius 1 is 1.12 bits per heavy atom. The van der Waals surface area contributed by atoms with Gasteiger partial charge in [0.1, 0.15) is 5.82 Å². The van der Waals surface area contributed by atoms with Crippen LogP contribution in [0.5, 0.6) is 0 Å². The van der Waals surface area contributed by atoms with Crippen molar-refractivity contribution < 1.29 is 0 Å². The summed E-state index contributed by atoms with van der Waals surface area (Å²) in [4.78, 5) is 26.5. The zero-order valence-corrected chi connectivity index (χ0v) is 15.1. The summed E-state index contributed by atoms with van der Waals surface area (Å²) < 4.78 is 0. The van der Waals surface area contributed by atoms with Crippen LogP contribution in [0.25, 0.3) is 11.4 Å². The molecule has 1 N–H and O–H groups in total. The standard InChI is InChI=1S/C21H22N4O/c1-14-3-4-16(11-15(14)2)12-25-10-7-18-19(13-25)23-20(24-21(18)26)17-5-8-22-9-6-17/h3-6,8-9,11H,7,10,12-13H2,1-2H3,(H,23,24,26). The molecule has 26 heavy (non-hydrogen) atoms. The molecule has 0 saturated heterocycles. The number of hydrogen-bond donors (Lipinski definition) is 1. The molecule has 0 saturated carbocycles. The molecule has 0 spiro atoms. The second kappa shape index (κ2) is 6.84. The quantitative estimate of drug-likeness (QED) is 0.792. The fourth-order valence-electron chi connectivity index (χ4n) is 3.44. The van der Waals surface area contributed by atoms with Gasteiger partial charge in [-0.15, -0.1) is 0 Å². The van der Waals surface area contributed by atoms with Crippen LogP contribution < -0.4 is 5.56 Å². The first-order chi connectivity index (χ1) is 12.6. The Kier molecular flexibility index (Phi) is 4.39. The maximum absolute atomic E-state index is 12.5. The molecule has 1 aliphatic heterocycles. The number of aromatic amines is 1. The average molecular weight is 346 g/mol. The summed E-state index contributed by atoms with van der Waals surface area (Å²) in [5, 5.41) is 0. The molecular weight excluding hydrogens is 324 g/mol.